The Morgan fingerprint density at radius 1 is 1.07 bits per heavy atom. The van der Waals surface area contributed by atoms with E-state index in [4.69, 9.17) is 0 Å². The zero-order valence-electron chi connectivity index (χ0n) is 16.4. The zero-order chi connectivity index (χ0) is 20.5. The highest BCUT2D eigenvalue weighted by atomic mass is 16.2. The average molecular weight is 402 g/mol. The number of carbonyl (C=O) groups is 2. The fourth-order valence-electron chi connectivity index (χ4n) is 4.22. The van der Waals surface area contributed by atoms with Crippen molar-refractivity contribution < 1.29 is 9.59 Å². The summed E-state index contributed by atoms with van der Waals surface area (Å²) in [4.78, 5) is 30.2. The monoisotopic (exact) mass is 402 g/mol. The van der Waals surface area contributed by atoms with Gasteiger partial charge in [-0.1, -0.05) is 18.2 Å². The Kier molecular flexibility index (Phi) is 4.66. The van der Waals surface area contributed by atoms with Crippen LogP contribution in [0.15, 0.2) is 48.7 Å². The van der Waals surface area contributed by atoms with Gasteiger partial charge in [0.15, 0.2) is 0 Å². The number of fused-ring (bicyclic) bond motifs is 2. The first-order valence-electron chi connectivity index (χ1n) is 10.1. The van der Waals surface area contributed by atoms with E-state index in [0.29, 0.717) is 35.6 Å². The van der Waals surface area contributed by atoms with Crippen LogP contribution in [0.4, 0.5) is 0 Å². The molecule has 8 nitrogen and oxygen atoms in total. The minimum absolute atomic E-state index is 0.00651. The molecule has 0 spiro atoms. The molecule has 0 radical (unpaired) electrons. The predicted molar refractivity (Wildman–Crippen MR) is 113 cm³/mol. The van der Waals surface area contributed by atoms with Crippen LogP contribution in [0.25, 0.3) is 21.9 Å². The lowest BCUT2D eigenvalue weighted by molar-refractivity contribution is -0.131. The van der Waals surface area contributed by atoms with Crippen LogP contribution in [-0.4, -0.2) is 56.7 Å². The van der Waals surface area contributed by atoms with Gasteiger partial charge in [-0.15, -0.1) is 0 Å². The molecule has 0 aliphatic carbocycles. The molecule has 2 aromatic heterocycles. The van der Waals surface area contributed by atoms with E-state index in [1.807, 2.05) is 11.0 Å². The topological polar surface area (TPSA) is 107 Å². The number of hydrogen-bond acceptors (Lipinski definition) is 4. The number of para-hydroxylation sites is 1. The lowest BCUT2D eigenvalue weighted by Gasteiger charge is -2.32. The molecule has 8 heteroatoms. The third-order valence-corrected chi connectivity index (χ3v) is 5.89. The SMILES string of the molecule is O=C(NCC(=O)N1CCC(c2c[nH]c3ccccc23)CC1)c1ccc2n[nH]nc2c1. The lowest BCUT2D eigenvalue weighted by atomic mass is 9.89. The highest BCUT2D eigenvalue weighted by Gasteiger charge is 2.25. The van der Waals surface area contributed by atoms with E-state index in [-0.39, 0.29) is 18.4 Å². The third-order valence-electron chi connectivity index (χ3n) is 5.89. The number of amides is 2. The normalized spacial score (nSPS) is 15.0. The zero-order valence-corrected chi connectivity index (χ0v) is 16.4. The molecule has 5 rings (SSSR count). The Hall–Kier alpha value is -3.68. The van der Waals surface area contributed by atoms with Gasteiger partial charge < -0.3 is 15.2 Å². The minimum Gasteiger partial charge on any atom is -0.361 e. The molecule has 0 atom stereocenters. The van der Waals surface area contributed by atoms with Crippen LogP contribution < -0.4 is 5.32 Å². The lowest BCUT2D eigenvalue weighted by Crippen LogP contribution is -2.43. The van der Waals surface area contributed by atoms with Crippen molar-refractivity contribution in [1.29, 1.82) is 0 Å². The molecule has 152 valence electrons. The molecule has 0 bridgehead atoms. The summed E-state index contributed by atoms with van der Waals surface area (Å²) >= 11 is 0. The number of carbonyl (C=O) groups excluding carboxylic acids is 2. The van der Waals surface area contributed by atoms with Crippen molar-refractivity contribution in [3.8, 4) is 0 Å². The molecule has 30 heavy (non-hydrogen) atoms. The van der Waals surface area contributed by atoms with E-state index in [1.165, 1.54) is 10.9 Å². The Morgan fingerprint density at radius 2 is 1.87 bits per heavy atom. The summed E-state index contributed by atoms with van der Waals surface area (Å²) in [6.07, 6.45) is 3.94. The number of likely N-dealkylation sites (tertiary alicyclic amines) is 1. The van der Waals surface area contributed by atoms with Crippen molar-refractivity contribution >= 4 is 33.8 Å². The van der Waals surface area contributed by atoms with Crippen LogP contribution >= 0.6 is 0 Å². The summed E-state index contributed by atoms with van der Waals surface area (Å²) in [7, 11) is 0. The highest BCUT2D eigenvalue weighted by molar-refractivity contribution is 5.98. The first-order chi connectivity index (χ1) is 14.7. The maximum atomic E-state index is 12.6. The maximum Gasteiger partial charge on any atom is 0.251 e. The number of aromatic amines is 2. The molecule has 4 aromatic rings. The number of aromatic nitrogens is 4. The number of nitrogens with one attached hydrogen (secondary N) is 3. The number of piperidine rings is 1. The molecule has 2 aromatic carbocycles. The number of H-pyrrole nitrogens is 2. The first kappa shape index (κ1) is 18.4. The molecular formula is C22H22N6O2. The van der Waals surface area contributed by atoms with Crippen molar-refractivity contribution in [3.05, 3.63) is 59.8 Å². The summed E-state index contributed by atoms with van der Waals surface area (Å²) in [5, 5.41) is 14.5. The number of nitrogens with zero attached hydrogens (tertiary/aromatic N) is 3. The fraction of sp³-hybridized carbons (Fsp3) is 0.273. The van der Waals surface area contributed by atoms with Crippen LogP contribution in [0, 0.1) is 0 Å². The summed E-state index contributed by atoms with van der Waals surface area (Å²) < 4.78 is 0. The second-order valence-corrected chi connectivity index (χ2v) is 7.65. The van der Waals surface area contributed by atoms with E-state index in [0.717, 1.165) is 18.4 Å². The van der Waals surface area contributed by atoms with Crippen LogP contribution in [0.3, 0.4) is 0 Å². The fourth-order valence-corrected chi connectivity index (χ4v) is 4.22. The van der Waals surface area contributed by atoms with Gasteiger partial charge in [0.2, 0.25) is 5.91 Å². The Balaban J connectivity index is 1.16. The van der Waals surface area contributed by atoms with Crippen molar-refractivity contribution in [1.82, 2.24) is 30.6 Å². The highest BCUT2D eigenvalue weighted by Crippen LogP contribution is 2.33. The van der Waals surface area contributed by atoms with Crippen LogP contribution in [0.1, 0.15) is 34.7 Å². The van der Waals surface area contributed by atoms with Crippen LogP contribution in [-0.2, 0) is 4.79 Å². The molecule has 3 heterocycles. The van der Waals surface area contributed by atoms with E-state index in [2.05, 4.69) is 50.1 Å². The van der Waals surface area contributed by atoms with Gasteiger partial charge in [-0.3, -0.25) is 9.59 Å². The van der Waals surface area contributed by atoms with Crippen molar-refractivity contribution in [3.63, 3.8) is 0 Å². The van der Waals surface area contributed by atoms with Crippen molar-refractivity contribution in [2.24, 2.45) is 0 Å². The Labute approximate surface area is 172 Å². The van der Waals surface area contributed by atoms with Gasteiger partial charge in [-0.25, -0.2) is 0 Å². The van der Waals surface area contributed by atoms with E-state index in [9.17, 15) is 9.59 Å². The molecule has 0 unspecified atom stereocenters. The van der Waals surface area contributed by atoms with Gasteiger partial charge in [0, 0.05) is 35.8 Å². The quantitative estimate of drug-likeness (QED) is 0.488. The maximum absolute atomic E-state index is 12.6. The standard InChI is InChI=1S/C22H22N6O2/c29-21(13-24-22(30)15-5-6-19-20(11-15)26-27-25-19)28-9-7-14(8-10-28)17-12-23-18-4-2-1-3-16(17)18/h1-6,11-12,14,23H,7-10,13H2,(H,24,30)(H,25,26,27). The van der Waals surface area contributed by atoms with Gasteiger partial charge >= 0.3 is 0 Å². The summed E-state index contributed by atoms with van der Waals surface area (Å²) in [5.74, 6) is 0.0964. The molecule has 1 fully saturated rings. The smallest absolute Gasteiger partial charge is 0.251 e. The van der Waals surface area contributed by atoms with Gasteiger partial charge in [0.1, 0.15) is 11.0 Å². The first-order valence-corrected chi connectivity index (χ1v) is 10.1. The van der Waals surface area contributed by atoms with Gasteiger partial charge in [0.05, 0.1) is 6.54 Å². The largest absolute Gasteiger partial charge is 0.361 e. The second-order valence-electron chi connectivity index (χ2n) is 7.65. The van der Waals surface area contributed by atoms with Gasteiger partial charge in [0.25, 0.3) is 5.91 Å². The molecule has 3 N–H and O–H groups in total. The number of hydrogen-bond donors (Lipinski definition) is 3. The van der Waals surface area contributed by atoms with Crippen molar-refractivity contribution in [2.45, 2.75) is 18.8 Å². The van der Waals surface area contributed by atoms with Gasteiger partial charge in [-0.05, 0) is 48.6 Å². The molecule has 1 saturated heterocycles. The summed E-state index contributed by atoms with van der Waals surface area (Å²) in [6, 6.07) is 13.4. The van der Waals surface area contributed by atoms with E-state index >= 15 is 0 Å². The summed E-state index contributed by atoms with van der Waals surface area (Å²) in [6.45, 7) is 1.39. The number of benzene rings is 2. The molecule has 1 aliphatic rings. The van der Waals surface area contributed by atoms with Crippen molar-refractivity contribution in [2.75, 3.05) is 19.6 Å². The Morgan fingerprint density at radius 3 is 2.73 bits per heavy atom. The third kappa shape index (κ3) is 3.41. The Bertz CT molecular complexity index is 1220. The molecule has 2 amide bonds. The van der Waals surface area contributed by atoms with Gasteiger partial charge in [-0.2, -0.15) is 15.4 Å². The molecule has 0 saturated carbocycles. The predicted octanol–water partition coefficient (Wildman–Crippen LogP) is 2.58. The molecule has 1 aliphatic heterocycles. The van der Waals surface area contributed by atoms with Crippen LogP contribution in [0.5, 0.6) is 0 Å². The second kappa shape index (κ2) is 7.62. The number of rotatable bonds is 4. The molecular weight excluding hydrogens is 380 g/mol. The van der Waals surface area contributed by atoms with Crippen LogP contribution in [0.2, 0.25) is 0 Å². The van der Waals surface area contributed by atoms with E-state index in [1.54, 1.807) is 18.2 Å². The minimum atomic E-state index is -0.290. The summed E-state index contributed by atoms with van der Waals surface area (Å²) in [5.41, 5.74) is 4.25. The van der Waals surface area contributed by atoms with E-state index < -0.39 is 0 Å². The average Bonchev–Trinajstić information content (AvgIpc) is 3.43.